The minimum atomic E-state index is -2.10. The number of unbranched alkanes of at least 4 members (excludes halogenated alkanes) is 1. The lowest BCUT2D eigenvalue weighted by molar-refractivity contribution is -0.156. The molecule has 8 heteroatoms. The average molecular weight is 455 g/mol. The fraction of sp³-hybridized carbons (Fsp3) is 0.400. The molecule has 33 heavy (non-hydrogen) atoms. The number of benzene rings is 2. The maximum absolute atomic E-state index is 12.6. The smallest absolute Gasteiger partial charge is 0.407 e. The normalized spacial score (nSPS) is 15.0. The number of carboxylic acid groups (broad SMARTS) is 1. The Morgan fingerprint density at radius 1 is 1.06 bits per heavy atom. The van der Waals surface area contributed by atoms with Crippen molar-refractivity contribution in [2.24, 2.45) is 0 Å². The number of rotatable bonds is 10. The van der Waals surface area contributed by atoms with Gasteiger partial charge in [-0.2, -0.15) is 0 Å². The predicted molar refractivity (Wildman–Crippen MR) is 123 cm³/mol. The van der Waals surface area contributed by atoms with E-state index in [2.05, 4.69) is 10.6 Å². The molecular formula is C25H30N2O6. The second-order valence-electron chi connectivity index (χ2n) is 8.46. The van der Waals surface area contributed by atoms with Crippen molar-refractivity contribution in [1.29, 1.82) is 0 Å². The van der Waals surface area contributed by atoms with Crippen LogP contribution in [0.5, 0.6) is 0 Å². The molecule has 1 aliphatic carbocycles. The minimum absolute atomic E-state index is 0.100. The molecule has 0 bridgehead atoms. The number of aliphatic hydroxyl groups is 1. The summed E-state index contributed by atoms with van der Waals surface area (Å²) in [7, 11) is 0. The van der Waals surface area contributed by atoms with Gasteiger partial charge in [-0.3, -0.25) is 4.79 Å². The Morgan fingerprint density at radius 2 is 1.64 bits per heavy atom. The quantitative estimate of drug-likeness (QED) is 0.437. The SMILES string of the molecule is CCCC[C@H](NC(=O)OCC1c2ccccc2-c2ccccc21)C(=O)NCC(C)(O)C(=O)O. The zero-order chi connectivity index (χ0) is 24.0. The zero-order valence-corrected chi connectivity index (χ0v) is 18.8. The first-order chi connectivity index (χ1) is 15.7. The lowest BCUT2D eigenvalue weighted by atomic mass is 9.98. The molecule has 0 radical (unpaired) electrons. The van der Waals surface area contributed by atoms with Gasteiger partial charge in [0.15, 0.2) is 5.60 Å². The van der Waals surface area contributed by atoms with Gasteiger partial charge in [-0.25, -0.2) is 9.59 Å². The molecule has 0 saturated heterocycles. The largest absolute Gasteiger partial charge is 0.479 e. The van der Waals surface area contributed by atoms with Crippen LogP contribution in [0.25, 0.3) is 11.1 Å². The number of carbonyl (C=O) groups is 3. The predicted octanol–water partition coefficient (Wildman–Crippen LogP) is 3.04. The van der Waals surface area contributed by atoms with E-state index in [4.69, 9.17) is 9.84 Å². The Kier molecular flexibility index (Phi) is 7.71. The second-order valence-corrected chi connectivity index (χ2v) is 8.46. The monoisotopic (exact) mass is 454 g/mol. The van der Waals surface area contributed by atoms with Crippen molar-refractivity contribution in [1.82, 2.24) is 10.6 Å². The lowest BCUT2D eigenvalue weighted by Gasteiger charge is -2.22. The molecule has 0 heterocycles. The van der Waals surface area contributed by atoms with E-state index in [-0.39, 0.29) is 12.5 Å². The number of hydrogen-bond acceptors (Lipinski definition) is 5. The fourth-order valence-corrected chi connectivity index (χ4v) is 3.92. The Hall–Kier alpha value is -3.39. The molecule has 1 unspecified atom stereocenters. The lowest BCUT2D eigenvalue weighted by Crippen LogP contribution is -2.52. The Balaban J connectivity index is 1.63. The van der Waals surface area contributed by atoms with Crippen molar-refractivity contribution in [3.63, 3.8) is 0 Å². The molecule has 1 aliphatic rings. The first-order valence-electron chi connectivity index (χ1n) is 11.1. The maximum atomic E-state index is 12.6. The Labute approximate surface area is 193 Å². The third-order valence-electron chi connectivity index (χ3n) is 5.87. The number of carbonyl (C=O) groups excluding carboxylic acids is 2. The van der Waals surface area contributed by atoms with Crippen LogP contribution < -0.4 is 10.6 Å². The third kappa shape index (κ3) is 5.70. The van der Waals surface area contributed by atoms with Gasteiger partial charge < -0.3 is 25.6 Å². The molecule has 0 fully saturated rings. The van der Waals surface area contributed by atoms with Crippen LogP contribution in [0.4, 0.5) is 4.79 Å². The van der Waals surface area contributed by atoms with E-state index >= 15 is 0 Å². The molecule has 2 aromatic rings. The molecule has 0 aromatic heterocycles. The van der Waals surface area contributed by atoms with E-state index in [1.54, 1.807) is 0 Å². The summed E-state index contributed by atoms with van der Waals surface area (Å²) in [4.78, 5) is 36.2. The molecule has 2 amide bonds. The molecular weight excluding hydrogens is 424 g/mol. The number of hydrogen-bond donors (Lipinski definition) is 4. The van der Waals surface area contributed by atoms with Crippen molar-refractivity contribution >= 4 is 18.0 Å². The number of ether oxygens (including phenoxy) is 1. The van der Waals surface area contributed by atoms with E-state index < -0.39 is 36.2 Å². The summed E-state index contributed by atoms with van der Waals surface area (Å²) >= 11 is 0. The van der Waals surface area contributed by atoms with E-state index in [1.165, 1.54) is 0 Å². The minimum Gasteiger partial charge on any atom is -0.479 e. The van der Waals surface area contributed by atoms with Crippen LogP contribution in [0.15, 0.2) is 48.5 Å². The maximum Gasteiger partial charge on any atom is 0.407 e. The first-order valence-corrected chi connectivity index (χ1v) is 11.1. The first kappa shape index (κ1) is 24.3. The second kappa shape index (κ2) is 10.5. The number of amides is 2. The van der Waals surface area contributed by atoms with Gasteiger partial charge in [-0.15, -0.1) is 0 Å². The van der Waals surface area contributed by atoms with Crippen LogP contribution in [-0.2, 0) is 14.3 Å². The van der Waals surface area contributed by atoms with Gasteiger partial charge in [0.1, 0.15) is 12.6 Å². The highest BCUT2D eigenvalue weighted by molar-refractivity contribution is 5.86. The van der Waals surface area contributed by atoms with Gasteiger partial charge in [0.2, 0.25) is 5.91 Å². The topological polar surface area (TPSA) is 125 Å². The van der Waals surface area contributed by atoms with Crippen LogP contribution in [0.3, 0.4) is 0 Å². The number of nitrogens with one attached hydrogen (secondary N) is 2. The van der Waals surface area contributed by atoms with Crippen molar-refractivity contribution in [3.8, 4) is 11.1 Å². The molecule has 8 nitrogen and oxygen atoms in total. The van der Waals surface area contributed by atoms with Gasteiger partial charge in [-0.1, -0.05) is 68.3 Å². The van der Waals surface area contributed by atoms with Gasteiger partial charge in [0.05, 0.1) is 6.54 Å². The molecule has 4 N–H and O–H groups in total. The van der Waals surface area contributed by atoms with E-state index in [0.717, 1.165) is 35.6 Å². The van der Waals surface area contributed by atoms with Gasteiger partial charge in [-0.05, 0) is 35.6 Å². The molecule has 3 rings (SSSR count). The number of fused-ring (bicyclic) bond motifs is 3. The van der Waals surface area contributed by atoms with Crippen LogP contribution in [-0.4, -0.2) is 53.0 Å². The summed E-state index contributed by atoms with van der Waals surface area (Å²) in [6.45, 7) is 2.69. The van der Waals surface area contributed by atoms with E-state index in [1.807, 2.05) is 55.5 Å². The summed E-state index contributed by atoms with van der Waals surface area (Å²) < 4.78 is 5.51. The highest BCUT2D eigenvalue weighted by Gasteiger charge is 2.32. The summed E-state index contributed by atoms with van der Waals surface area (Å²) in [5, 5.41) is 23.8. The van der Waals surface area contributed by atoms with Gasteiger partial charge >= 0.3 is 12.1 Å². The van der Waals surface area contributed by atoms with Crippen molar-refractivity contribution in [3.05, 3.63) is 59.7 Å². The highest BCUT2D eigenvalue weighted by Crippen LogP contribution is 2.44. The van der Waals surface area contributed by atoms with Crippen LogP contribution in [0, 0.1) is 0 Å². The summed E-state index contributed by atoms with van der Waals surface area (Å²) in [5.74, 6) is -2.12. The summed E-state index contributed by atoms with van der Waals surface area (Å²) in [6, 6.07) is 15.1. The van der Waals surface area contributed by atoms with Crippen LogP contribution in [0.2, 0.25) is 0 Å². The van der Waals surface area contributed by atoms with E-state index in [9.17, 15) is 19.5 Å². The highest BCUT2D eigenvalue weighted by atomic mass is 16.5. The average Bonchev–Trinajstić information content (AvgIpc) is 3.12. The summed E-state index contributed by atoms with van der Waals surface area (Å²) in [6.07, 6.45) is 1.13. The van der Waals surface area contributed by atoms with Crippen molar-refractivity contribution in [2.75, 3.05) is 13.2 Å². The molecule has 0 saturated carbocycles. The molecule has 0 aliphatic heterocycles. The van der Waals surface area contributed by atoms with Crippen LogP contribution in [0.1, 0.15) is 50.2 Å². The van der Waals surface area contributed by atoms with Gasteiger partial charge in [0, 0.05) is 5.92 Å². The van der Waals surface area contributed by atoms with Crippen LogP contribution >= 0.6 is 0 Å². The molecule has 2 aromatic carbocycles. The fourth-order valence-electron chi connectivity index (χ4n) is 3.92. The van der Waals surface area contributed by atoms with Gasteiger partial charge in [0.25, 0.3) is 0 Å². The Bertz CT molecular complexity index is 974. The Morgan fingerprint density at radius 3 is 2.18 bits per heavy atom. The third-order valence-corrected chi connectivity index (χ3v) is 5.87. The van der Waals surface area contributed by atoms with Crippen molar-refractivity contribution < 1.29 is 29.3 Å². The standard InChI is InChI=1S/C25H30N2O6/c1-3-4-13-21(22(28)26-15-25(2,32)23(29)30)27-24(31)33-14-20-18-11-7-5-9-16(18)17-10-6-8-12-19(17)20/h5-12,20-21,32H,3-4,13-15H2,1-2H3,(H,26,28)(H,27,31)(H,29,30)/t21-,25?/m0/s1. The number of alkyl carbamates (subject to hydrolysis) is 1. The molecule has 0 spiro atoms. The molecule has 2 atom stereocenters. The number of carboxylic acids is 1. The zero-order valence-electron chi connectivity index (χ0n) is 18.8. The molecule has 176 valence electrons. The van der Waals surface area contributed by atoms with E-state index in [0.29, 0.717) is 12.8 Å². The summed E-state index contributed by atoms with van der Waals surface area (Å²) in [5.41, 5.74) is 2.31. The number of aliphatic carboxylic acids is 1. The van der Waals surface area contributed by atoms with Crippen molar-refractivity contribution in [2.45, 2.75) is 50.7 Å².